The van der Waals surface area contributed by atoms with Gasteiger partial charge in [-0.3, -0.25) is 4.79 Å². The lowest BCUT2D eigenvalue weighted by atomic mass is 10.0. The molecule has 6 heteroatoms. The molecule has 0 unspecified atom stereocenters. The average molecular weight is 458 g/mol. The lowest BCUT2D eigenvalue weighted by molar-refractivity contribution is 0.0497. The largest absolute Gasteiger partial charge is 0.493 e. The Bertz CT molecular complexity index is 1060. The van der Waals surface area contributed by atoms with Crippen LogP contribution in [0.1, 0.15) is 24.1 Å². The molecule has 29 heavy (non-hydrogen) atoms. The minimum Gasteiger partial charge on any atom is -0.493 e. The summed E-state index contributed by atoms with van der Waals surface area (Å²) in [7, 11) is 0. The Balaban J connectivity index is 1.44. The molecule has 1 fully saturated rings. The van der Waals surface area contributed by atoms with E-state index in [2.05, 4.69) is 20.9 Å². The van der Waals surface area contributed by atoms with Crippen molar-refractivity contribution in [1.82, 2.24) is 4.98 Å². The highest BCUT2D eigenvalue weighted by Crippen LogP contribution is 2.23. The van der Waals surface area contributed by atoms with E-state index in [0.717, 1.165) is 47.5 Å². The number of benzene rings is 2. The van der Waals surface area contributed by atoms with Crippen LogP contribution >= 0.6 is 15.9 Å². The van der Waals surface area contributed by atoms with E-state index >= 15 is 0 Å². The number of aromatic amines is 1. The van der Waals surface area contributed by atoms with Crippen molar-refractivity contribution in [2.24, 2.45) is 5.92 Å². The van der Waals surface area contributed by atoms with Crippen LogP contribution in [0, 0.1) is 12.8 Å². The Labute approximate surface area is 178 Å². The molecule has 1 saturated heterocycles. The van der Waals surface area contributed by atoms with Crippen LogP contribution in [0.2, 0.25) is 0 Å². The van der Waals surface area contributed by atoms with Crippen LogP contribution in [-0.2, 0) is 11.3 Å². The average Bonchev–Trinajstić information content (AvgIpc) is 2.75. The molecule has 2 heterocycles. The summed E-state index contributed by atoms with van der Waals surface area (Å²) >= 11 is 3.42. The van der Waals surface area contributed by atoms with Gasteiger partial charge in [0.25, 0.3) is 0 Å². The number of nitrogens with one attached hydrogen (secondary N) is 1. The van der Waals surface area contributed by atoms with Gasteiger partial charge in [0, 0.05) is 40.2 Å². The number of aromatic nitrogens is 1. The van der Waals surface area contributed by atoms with Crippen molar-refractivity contribution >= 4 is 26.8 Å². The smallest absolute Gasteiger partial charge is 0.192 e. The van der Waals surface area contributed by atoms with Gasteiger partial charge in [0.2, 0.25) is 0 Å². The minimum atomic E-state index is 0.0206. The number of H-pyrrole nitrogens is 1. The highest BCUT2D eigenvalue weighted by Gasteiger charge is 2.14. The third-order valence-electron chi connectivity index (χ3n) is 5.32. The summed E-state index contributed by atoms with van der Waals surface area (Å²) in [5.74, 6) is 2.05. The first-order valence-corrected chi connectivity index (χ1v) is 10.6. The Morgan fingerprint density at radius 3 is 2.66 bits per heavy atom. The Kier molecular flexibility index (Phi) is 6.21. The highest BCUT2D eigenvalue weighted by atomic mass is 79.9. The number of ether oxygens (including phenoxy) is 3. The van der Waals surface area contributed by atoms with Crippen LogP contribution in [0.4, 0.5) is 0 Å². The molecular formula is C23H24BrNO4. The van der Waals surface area contributed by atoms with E-state index in [0.29, 0.717) is 29.2 Å². The second kappa shape index (κ2) is 9.01. The second-order valence-electron chi connectivity index (χ2n) is 7.38. The van der Waals surface area contributed by atoms with Crippen molar-refractivity contribution in [3.05, 3.63) is 68.4 Å². The number of hydrogen-bond donors (Lipinski definition) is 1. The topological polar surface area (TPSA) is 60.6 Å². The van der Waals surface area contributed by atoms with Gasteiger partial charge in [0.1, 0.15) is 18.1 Å². The van der Waals surface area contributed by atoms with Gasteiger partial charge < -0.3 is 19.2 Å². The number of halogens is 1. The first-order valence-electron chi connectivity index (χ1n) is 9.84. The van der Waals surface area contributed by atoms with Gasteiger partial charge >= 0.3 is 0 Å². The zero-order valence-corrected chi connectivity index (χ0v) is 18.0. The fourth-order valence-electron chi connectivity index (χ4n) is 3.49. The second-order valence-corrected chi connectivity index (χ2v) is 8.29. The molecule has 0 amide bonds. The minimum absolute atomic E-state index is 0.0206. The molecule has 4 rings (SSSR count). The maximum absolute atomic E-state index is 12.7. The molecule has 1 aliphatic rings. The summed E-state index contributed by atoms with van der Waals surface area (Å²) < 4.78 is 18.2. The number of hydrogen-bond acceptors (Lipinski definition) is 4. The van der Waals surface area contributed by atoms with Gasteiger partial charge in [-0.15, -0.1) is 0 Å². The van der Waals surface area contributed by atoms with Gasteiger partial charge in [-0.2, -0.15) is 0 Å². The van der Waals surface area contributed by atoms with E-state index < -0.39 is 0 Å². The molecule has 2 aromatic carbocycles. The third-order valence-corrected chi connectivity index (χ3v) is 5.81. The lowest BCUT2D eigenvalue weighted by Gasteiger charge is -2.22. The van der Waals surface area contributed by atoms with E-state index in [4.69, 9.17) is 14.2 Å². The van der Waals surface area contributed by atoms with Crippen molar-refractivity contribution in [1.29, 1.82) is 0 Å². The third kappa shape index (κ3) is 4.82. The van der Waals surface area contributed by atoms with Crippen molar-refractivity contribution in [3.63, 3.8) is 0 Å². The molecule has 1 aromatic heterocycles. The predicted molar refractivity (Wildman–Crippen MR) is 117 cm³/mol. The van der Waals surface area contributed by atoms with E-state index in [9.17, 15) is 4.79 Å². The summed E-state index contributed by atoms with van der Waals surface area (Å²) in [5.41, 5.74) is 2.27. The van der Waals surface area contributed by atoms with E-state index in [1.54, 1.807) is 0 Å². The molecule has 0 spiro atoms. The molecule has 152 valence electrons. The van der Waals surface area contributed by atoms with Crippen molar-refractivity contribution in [2.75, 3.05) is 19.8 Å². The van der Waals surface area contributed by atoms with Crippen molar-refractivity contribution in [3.8, 4) is 11.5 Å². The molecule has 1 aliphatic heterocycles. The van der Waals surface area contributed by atoms with Crippen LogP contribution in [0.15, 0.2) is 51.7 Å². The number of fused-ring (bicyclic) bond motifs is 1. The molecule has 0 atom stereocenters. The summed E-state index contributed by atoms with van der Waals surface area (Å²) in [5, 5.41) is 0.670. The van der Waals surface area contributed by atoms with Gasteiger partial charge in [0.15, 0.2) is 5.43 Å². The van der Waals surface area contributed by atoms with Crippen molar-refractivity contribution < 1.29 is 14.2 Å². The fourth-order valence-corrected chi connectivity index (χ4v) is 3.85. The summed E-state index contributed by atoms with van der Waals surface area (Å²) in [6.07, 6.45) is 2.09. The molecule has 3 aromatic rings. The highest BCUT2D eigenvalue weighted by molar-refractivity contribution is 9.10. The van der Waals surface area contributed by atoms with Gasteiger partial charge in [-0.1, -0.05) is 22.0 Å². The Morgan fingerprint density at radius 2 is 1.86 bits per heavy atom. The fraction of sp³-hybridized carbons (Fsp3) is 0.348. The summed E-state index contributed by atoms with van der Waals surface area (Å²) in [6.45, 7) is 4.44. The first kappa shape index (κ1) is 20.0. The predicted octanol–water partition coefficient (Wildman–Crippen LogP) is 4.98. The maximum Gasteiger partial charge on any atom is 0.192 e. The number of rotatable bonds is 6. The van der Waals surface area contributed by atoms with Gasteiger partial charge in [-0.05, 0) is 56.0 Å². The van der Waals surface area contributed by atoms with E-state index in [1.165, 1.54) is 0 Å². The quantitative estimate of drug-likeness (QED) is 0.566. The molecule has 0 saturated carbocycles. The zero-order chi connectivity index (χ0) is 20.2. The summed E-state index contributed by atoms with van der Waals surface area (Å²) in [6, 6.07) is 13.3. The molecule has 1 N–H and O–H groups in total. The monoisotopic (exact) mass is 457 g/mol. The normalized spacial score (nSPS) is 14.8. The molecular weight excluding hydrogens is 434 g/mol. The standard InChI is InChI=1S/C23H24BrNO4/c1-15-22(25-21-6-5-17(24)11-20(21)23(15)26)14-29-19-4-2-3-18(12-19)28-13-16-7-9-27-10-8-16/h2-6,11-12,16H,7-10,13-14H2,1H3,(H,25,26). The van der Waals surface area contributed by atoms with Crippen LogP contribution < -0.4 is 14.9 Å². The Hall–Kier alpha value is -2.31. The van der Waals surface area contributed by atoms with Crippen LogP contribution in [0.5, 0.6) is 11.5 Å². The van der Waals surface area contributed by atoms with Gasteiger partial charge in [-0.25, -0.2) is 0 Å². The first-order chi connectivity index (χ1) is 14.1. The summed E-state index contributed by atoms with van der Waals surface area (Å²) in [4.78, 5) is 16.0. The zero-order valence-electron chi connectivity index (χ0n) is 16.4. The Morgan fingerprint density at radius 1 is 1.10 bits per heavy atom. The molecule has 0 bridgehead atoms. The maximum atomic E-state index is 12.7. The van der Waals surface area contributed by atoms with E-state index in [-0.39, 0.29) is 12.0 Å². The molecule has 0 aliphatic carbocycles. The molecule has 0 radical (unpaired) electrons. The lowest BCUT2D eigenvalue weighted by Crippen LogP contribution is -2.21. The SMILES string of the molecule is Cc1c(COc2cccc(OCC3CCOCC3)c2)[nH]c2ccc(Br)cc2c1=O. The van der Waals surface area contributed by atoms with Crippen LogP contribution in [-0.4, -0.2) is 24.8 Å². The van der Waals surface area contributed by atoms with Crippen molar-refractivity contribution in [2.45, 2.75) is 26.4 Å². The van der Waals surface area contributed by atoms with E-state index in [1.807, 2.05) is 49.4 Å². The number of pyridine rings is 1. The van der Waals surface area contributed by atoms with Gasteiger partial charge in [0.05, 0.1) is 12.3 Å². The van der Waals surface area contributed by atoms with Crippen LogP contribution in [0.25, 0.3) is 10.9 Å². The molecule has 5 nitrogen and oxygen atoms in total. The van der Waals surface area contributed by atoms with Crippen LogP contribution in [0.3, 0.4) is 0 Å².